The number of hydrogen-bond donors (Lipinski definition) is 1. The van der Waals surface area contributed by atoms with E-state index in [1.165, 1.54) is 83.7 Å². The van der Waals surface area contributed by atoms with E-state index in [9.17, 15) is 5.11 Å². The van der Waals surface area contributed by atoms with E-state index in [4.69, 9.17) is 4.74 Å². The number of nitrogens with zero attached hydrogens (tertiary/aromatic N) is 1. The van der Waals surface area contributed by atoms with Crippen LogP contribution in [0.25, 0.3) is 0 Å². The Labute approximate surface area is 171 Å². The van der Waals surface area contributed by atoms with Gasteiger partial charge in [-0.05, 0) is 105 Å². The van der Waals surface area contributed by atoms with E-state index in [1.807, 2.05) is 0 Å². The molecule has 10 atom stereocenters. The second kappa shape index (κ2) is 6.44. The molecule has 0 aromatic carbocycles. The lowest BCUT2D eigenvalue weighted by Gasteiger charge is -2.59. The summed E-state index contributed by atoms with van der Waals surface area (Å²) < 4.78 is 6.00. The van der Waals surface area contributed by atoms with Crippen LogP contribution < -0.4 is 0 Å². The first-order valence-electron chi connectivity index (χ1n) is 12.6. The molecule has 0 bridgehead atoms. The highest BCUT2D eigenvalue weighted by Gasteiger charge is 2.65. The highest BCUT2D eigenvalue weighted by molar-refractivity contribution is 5.14. The number of aliphatic hydroxyl groups is 1. The molecule has 4 aliphatic carbocycles. The molecule has 158 valence electrons. The van der Waals surface area contributed by atoms with Crippen LogP contribution in [0.3, 0.4) is 0 Å². The van der Waals surface area contributed by atoms with Crippen molar-refractivity contribution in [2.45, 2.75) is 109 Å². The predicted molar refractivity (Wildman–Crippen MR) is 111 cm³/mol. The molecule has 0 spiro atoms. The molecule has 3 heteroatoms. The molecule has 2 aliphatic heterocycles. The van der Waals surface area contributed by atoms with Crippen LogP contribution in [0.2, 0.25) is 0 Å². The minimum Gasteiger partial charge on any atom is -0.391 e. The third-order valence-corrected chi connectivity index (χ3v) is 11.0. The van der Waals surface area contributed by atoms with Gasteiger partial charge in [0.2, 0.25) is 0 Å². The van der Waals surface area contributed by atoms with Gasteiger partial charge >= 0.3 is 0 Å². The average molecular weight is 388 g/mol. The fraction of sp³-hybridized carbons (Fsp3) is 1.00. The van der Waals surface area contributed by atoms with Crippen molar-refractivity contribution in [1.82, 2.24) is 4.90 Å². The van der Waals surface area contributed by atoms with Gasteiger partial charge in [0.15, 0.2) is 0 Å². The fourth-order valence-corrected chi connectivity index (χ4v) is 9.28. The van der Waals surface area contributed by atoms with E-state index in [1.54, 1.807) is 0 Å². The van der Waals surface area contributed by atoms with E-state index in [2.05, 4.69) is 18.7 Å². The molecule has 7 unspecified atom stereocenters. The number of aliphatic hydroxyl groups excluding tert-OH is 1. The molecule has 0 aromatic heterocycles. The standard InChI is InChI=1S/C25H41NO2/c1-24-10-9-18-17(8-7-16-13-21-22(28-21)15-25(16,18)2)19(24)14-20(23(24)27)26-11-5-3-4-6-12-26/h16-23,27H,3-15H2,1-2H3/t16?,17?,18?,19?,20-,21-,22?,23-,24?,25?/m0/s1. The molecule has 2 heterocycles. The van der Waals surface area contributed by atoms with Crippen molar-refractivity contribution < 1.29 is 9.84 Å². The van der Waals surface area contributed by atoms with Crippen LogP contribution in [-0.4, -0.2) is 47.4 Å². The summed E-state index contributed by atoms with van der Waals surface area (Å²) in [4.78, 5) is 2.70. The SMILES string of the molecule is CC12CC3O[C@H]3CC1CCC1C2CCC2(C)C1C[C@H](N1CCCCCC1)[C@@H]2O. The lowest BCUT2D eigenvalue weighted by atomic mass is 9.45. The summed E-state index contributed by atoms with van der Waals surface area (Å²) in [5, 5.41) is 11.6. The third kappa shape index (κ3) is 2.57. The van der Waals surface area contributed by atoms with Crippen molar-refractivity contribution in [2.75, 3.05) is 13.1 Å². The summed E-state index contributed by atoms with van der Waals surface area (Å²) in [7, 11) is 0. The first-order valence-corrected chi connectivity index (χ1v) is 12.6. The van der Waals surface area contributed by atoms with Crippen LogP contribution >= 0.6 is 0 Å². The zero-order chi connectivity index (χ0) is 19.1. The minimum atomic E-state index is -0.107. The maximum absolute atomic E-state index is 11.6. The van der Waals surface area contributed by atoms with Crippen LogP contribution in [0.15, 0.2) is 0 Å². The van der Waals surface area contributed by atoms with Crippen molar-refractivity contribution in [3.8, 4) is 0 Å². The van der Waals surface area contributed by atoms with Gasteiger partial charge in [0, 0.05) is 6.04 Å². The van der Waals surface area contributed by atoms with E-state index in [0.29, 0.717) is 23.7 Å². The lowest BCUT2D eigenvalue weighted by Crippen LogP contribution is -2.54. The Kier molecular flexibility index (Phi) is 4.28. The highest BCUT2D eigenvalue weighted by Crippen LogP contribution is 2.68. The Hall–Kier alpha value is -0.120. The van der Waals surface area contributed by atoms with Crippen LogP contribution in [0.4, 0.5) is 0 Å². The van der Waals surface area contributed by atoms with Gasteiger partial charge in [-0.2, -0.15) is 0 Å². The number of ether oxygens (including phenoxy) is 1. The minimum absolute atomic E-state index is 0.107. The summed E-state index contributed by atoms with van der Waals surface area (Å²) in [5.41, 5.74) is 0.669. The van der Waals surface area contributed by atoms with Crippen molar-refractivity contribution in [3.63, 3.8) is 0 Å². The molecule has 28 heavy (non-hydrogen) atoms. The molecular weight excluding hydrogens is 346 g/mol. The molecule has 6 rings (SSSR count). The smallest absolute Gasteiger partial charge is 0.0847 e. The molecule has 0 amide bonds. The summed E-state index contributed by atoms with van der Waals surface area (Å²) in [6.07, 6.45) is 15.9. The number of likely N-dealkylation sites (tertiary alicyclic amines) is 1. The molecule has 3 nitrogen and oxygen atoms in total. The van der Waals surface area contributed by atoms with E-state index in [0.717, 1.165) is 23.7 Å². The molecular formula is C25H41NO2. The zero-order valence-electron chi connectivity index (χ0n) is 18.1. The van der Waals surface area contributed by atoms with Crippen LogP contribution in [-0.2, 0) is 4.74 Å². The van der Waals surface area contributed by atoms with E-state index < -0.39 is 0 Å². The second-order valence-corrected chi connectivity index (χ2v) is 12.1. The van der Waals surface area contributed by atoms with Crippen molar-refractivity contribution in [3.05, 3.63) is 0 Å². The van der Waals surface area contributed by atoms with Gasteiger partial charge in [0.05, 0.1) is 18.3 Å². The predicted octanol–water partition coefficient (Wildman–Crippen LogP) is 4.62. The zero-order valence-corrected chi connectivity index (χ0v) is 18.1. The summed E-state index contributed by atoms with van der Waals surface area (Å²) in [6, 6.07) is 0.430. The van der Waals surface area contributed by atoms with Crippen LogP contribution in [0.1, 0.15) is 84.5 Å². The Morgan fingerprint density at radius 2 is 1.64 bits per heavy atom. The molecule has 6 fully saturated rings. The van der Waals surface area contributed by atoms with Gasteiger partial charge < -0.3 is 9.84 Å². The maximum atomic E-state index is 11.6. The molecule has 6 aliphatic rings. The first kappa shape index (κ1) is 18.6. The molecule has 4 saturated carbocycles. The van der Waals surface area contributed by atoms with Gasteiger partial charge in [-0.1, -0.05) is 26.7 Å². The monoisotopic (exact) mass is 387 g/mol. The van der Waals surface area contributed by atoms with E-state index in [-0.39, 0.29) is 11.5 Å². The lowest BCUT2D eigenvalue weighted by molar-refractivity contribution is -0.119. The normalized spacial score (nSPS) is 58.8. The van der Waals surface area contributed by atoms with Crippen molar-refractivity contribution in [1.29, 1.82) is 0 Å². The van der Waals surface area contributed by atoms with Gasteiger partial charge in [0.1, 0.15) is 0 Å². The molecule has 1 N–H and O–H groups in total. The Balaban J connectivity index is 1.26. The molecule has 0 aromatic rings. The summed E-state index contributed by atoms with van der Waals surface area (Å²) in [6.45, 7) is 7.54. The van der Waals surface area contributed by atoms with Crippen LogP contribution in [0, 0.1) is 34.5 Å². The maximum Gasteiger partial charge on any atom is 0.0847 e. The molecule has 0 radical (unpaired) electrons. The third-order valence-electron chi connectivity index (χ3n) is 11.0. The summed E-state index contributed by atoms with van der Waals surface area (Å²) >= 11 is 0. The topological polar surface area (TPSA) is 36.0 Å². The quantitative estimate of drug-likeness (QED) is 0.667. The first-order chi connectivity index (χ1) is 13.5. The van der Waals surface area contributed by atoms with Gasteiger partial charge in [-0.3, -0.25) is 4.90 Å². The van der Waals surface area contributed by atoms with Crippen LogP contribution in [0.5, 0.6) is 0 Å². The fourth-order valence-electron chi connectivity index (χ4n) is 9.28. The van der Waals surface area contributed by atoms with Gasteiger partial charge in [-0.25, -0.2) is 0 Å². The van der Waals surface area contributed by atoms with Crippen molar-refractivity contribution >= 4 is 0 Å². The van der Waals surface area contributed by atoms with E-state index >= 15 is 0 Å². The second-order valence-electron chi connectivity index (χ2n) is 12.1. The summed E-state index contributed by atoms with van der Waals surface area (Å²) in [5.74, 6) is 3.37. The number of rotatable bonds is 1. The Bertz CT molecular complexity index is 616. The molecule has 2 saturated heterocycles. The Morgan fingerprint density at radius 3 is 2.43 bits per heavy atom. The van der Waals surface area contributed by atoms with Crippen molar-refractivity contribution in [2.24, 2.45) is 34.5 Å². The number of epoxide rings is 1. The number of hydrogen-bond acceptors (Lipinski definition) is 3. The largest absolute Gasteiger partial charge is 0.391 e. The van der Waals surface area contributed by atoms with Gasteiger partial charge in [-0.15, -0.1) is 0 Å². The van der Waals surface area contributed by atoms with Gasteiger partial charge in [0.25, 0.3) is 0 Å². The number of fused-ring (bicyclic) bond motifs is 6. The average Bonchev–Trinajstić information content (AvgIpc) is 3.42. The highest BCUT2D eigenvalue weighted by atomic mass is 16.6. The Morgan fingerprint density at radius 1 is 0.857 bits per heavy atom.